The highest BCUT2D eigenvalue weighted by atomic mass is 16.5. The highest BCUT2D eigenvalue weighted by Crippen LogP contribution is 2.35. The molecule has 4 rings (SSSR count). The Morgan fingerprint density at radius 1 is 1.29 bits per heavy atom. The molecular weight excluding hydrogens is 392 g/mol. The summed E-state index contributed by atoms with van der Waals surface area (Å²) in [5.74, 6) is 1.60. The smallest absolute Gasteiger partial charge is 0.244 e. The van der Waals surface area contributed by atoms with Crippen LogP contribution < -0.4 is 19.7 Å². The molecule has 0 unspecified atom stereocenters. The molecule has 6 heteroatoms. The average Bonchev–Trinajstić information content (AvgIpc) is 3.35. The number of ether oxygens (including phenoxy) is 2. The first kappa shape index (κ1) is 21.0. The van der Waals surface area contributed by atoms with Crippen LogP contribution in [0.2, 0.25) is 0 Å². The third-order valence-electron chi connectivity index (χ3n) is 5.53. The lowest BCUT2D eigenvalue weighted by Gasteiger charge is -2.16. The molecule has 0 bridgehead atoms. The minimum absolute atomic E-state index is 0.155. The van der Waals surface area contributed by atoms with Gasteiger partial charge in [-0.05, 0) is 56.2 Å². The topological polar surface area (TPSA) is 67.9 Å². The van der Waals surface area contributed by atoms with E-state index in [9.17, 15) is 9.59 Å². The minimum atomic E-state index is -0.184. The molecule has 2 aromatic rings. The van der Waals surface area contributed by atoms with E-state index >= 15 is 0 Å². The van der Waals surface area contributed by atoms with Gasteiger partial charge < -0.3 is 19.7 Å². The Hall–Kier alpha value is -3.28. The quantitative estimate of drug-likeness (QED) is 0.691. The Balaban J connectivity index is 1.37. The van der Waals surface area contributed by atoms with Crippen LogP contribution in [0, 0.1) is 0 Å². The van der Waals surface area contributed by atoms with E-state index in [-0.39, 0.29) is 17.9 Å². The Kier molecular flexibility index (Phi) is 6.26. The van der Waals surface area contributed by atoms with E-state index in [1.54, 1.807) is 6.08 Å². The van der Waals surface area contributed by atoms with E-state index in [1.807, 2.05) is 55.1 Å². The van der Waals surface area contributed by atoms with Crippen LogP contribution in [0.5, 0.6) is 11.5 Å². The van der Waals surface area contributed by atoms with Crippen LogP contribution in [-0.4, -0.2) is 31.1 Å². The van der Waals surface area contributed by atoms with Gasteiger partial charge in [0, 0.05) is 48.8 Å². The summed E-state index contributed by atoms with van der Waals surface area (Å²) in [5.41, 5.74) is 3.85. The molecule has 2 heterocycles. The normalized spacial score (nSPS) is 17.7. The third-order valence-corrected chi connectivity index (χ3v) is 5.53. The van der Waals surface area contributed by atoms with Gasteiger partial charge in [-0.3, -0.25) is 9.59 Å². The van der Waals surface area contributed by atoms with Crippen LogP contribution in [0.3, 0.4) is 0 Å². The number of amides is 2. The second kappa shape index (κ2) is 9.25. The van der Waals surface area contributed by atoms with E-state index in [2.05, 4.69) is 5.32 Å². The van der Waals surface area contributed by atoms with Crippen molar-refractivity contribution < 1.29 is 19.1 Å². The maximum absolute atomic E-state index is 12.3. The molecule has 1 saturated heterocycles. The van der Waals surface area contributed by atoms with Crippen LogP contribution in [0.4, 0.5) is 5.69 Å². The van der Waals surface area contributed by atoms with Gasteiger partial charge in [-0.2, -0.15) is 0 Å². The van der Waals surface area contributed by atoms with Gasteiger partial charge in [0.1, 0.15) is 17.6 Å². The van der Waals surface area contributed by atoms with E-state index in [4.69, 9.17) is 9.47 Å². The van der Waals surface area contributed by atoms with Gasteiger partial charge in [0.25, 0.3) is 0 Å². The number of hydrogen-bond acceptors (Lipinski definition) is 4. The fraction of sp³-hybridized carbons (Fsp3) is 0.360. The van der Waals surface area contributed by atoms with Gasteiger partial charge in [-0.1, -0.05) is 12.1 Å². The molecule has 1 atom stereocenters. The lowest BCUT2D eigenvalue weighted by atomic mass is 10.1. The number of fused-ring (bicyclic) bond motifs is 1. The van der Waals surface area contributed by atoms with Gasteiger partial charge in [0.15, 0.2) is 0 Å². The zero-order valence-electron chi connectivity index (χ0n) is 18.0. The summed E-state index contributed by atoms with van der Waals surface area (Å²) < 4.78 is 11.6. The molecule has 0 aliphatic carbocycles. The van der Waals surface area contributed by atoms with Crippen LogP contribution in [0.1, 0.15) is 43.4 Å². The maximum atomic E-state index is 12.3. The lowest BCUT2D eigenvalue weighted by molar-refractivity contribution is -0.117. The second-order valence-electron chi connectivity index (χ2n) is 7.93. The van der Waals surface area contributed by atoms with Crippen molar-refractivity contribution in [1.29, 1.82) is 0 Å². The third kappa shape index (κ3) is 4.90. The van der Waals surface area contributed by atoms with Crippen molar-refractivity contribution in [2.45, 2.75) is 45.8 Å². The fourth-order valence-corrected chi connectivity index (χ4v) is 3.99. The number of nitrogens with zero attached hydrogens (tertiary/aromatic N) is 1. The monoisotopic (exact) mass is 420 g/mol. The number of hydrogen-bond donors (Lipinski definition) is 1. The number of carbonyl (C=O) groups is 2. The maximum Gasteiger partial charge on any atom is 0.244 e. The molecule has 2 aliphatic heterocycles. The summed E-state index contributed by atoms with van der Waals surface area (Å²) in [5, 5.41) is 2.90. The van der Waals surface area contributed by atoms with Crippen LogP contribution in [0.25, 0.3) is 6.08 Å². The Morgan fingerprint density at radius 2 is 2.10 bits per heavy atom. The summed E-state index contributed by atoms with van der Waals surface area (Å²) >= 11 is 0. The Bertz CT molecular complexity index is 997. The van der Waals surface area contributed by atoms with Crippen molar-refractivity contribution >= 4 is 23.6 Å². The van der Waals surface area contributed by atoms with Crippen molar-refractivity contribution in [2.75, 3.05) is 18.1 Å². The number of anilines is 1. The fourth-order valence-electron chi connectivity index (χ4n) is 3.99. The number of rotatable bonds is 7. The lowest BCUT2D eigenvalue weighted by Crippen LogP contribution is -2.23. The molecule has 0 radical (unpaired) electrons. The minimum Gasteiger partial charge on any atom is -0.493 e. The summed E-state index contributed by atoms with van der Waals surface area (Å²) in [6.07, 6.45) is 5.81. The SMILES string of the molecule is CCOc1cc2c(cc1/C=C/C(=O)NCc1ccc(N3CCCC3=O)cc1)O[C@H](C)C2. The van der Waals surface area contributed by atoms with Crippen molar-refractivity contribution in [3.63, 3.8) is 0 Å². The standard InChI is InChI=1S/C25H28N2O4/c1-3-30-22-15-20-13-17(2)31-23(20)14-19(22)8-11-24(28)26-16-18-6-9-21(10-7-18)27-12-4-5-25(27)29/h6-11,14-15,17H,3-5,12-13,16H2,1-2H3,(H,26,28)/b11-8+/t17-/m1/s1. The molecule has 2 aromatic carbocycles. The Labute approximate surface area is 182 Å². The summed E-state index contributed by atoms with van der Waals surface area (Å²) in [6, 6.07) is 11.7. The van der Waals surface area contributed by atoms with Crippen molar-refractivity contribution in [2.24, 2.45) is 0 Å². The van der Waals surface area contributed by atoms with E-state index < -0.39 is 0 Å². The van der Waals surface area contributed by atoms with E-state index in [0.717, 1.165) is 53.3 Å². The molecule has 2 aliphatic rings. The van der Waals surface area contributed by atoms with Crippen molar-refractivity contribution in [3.8, 4) is 11.5 Å². The summed E-state index contributed by atoms with van der Waals surface area (Å²) in [6.45, 7) is 5.73. The first-order valence-corrected chi connectivity index (χ1v) is 10.8. The van der Waals surface area contributed by atoms with Gasteiger partial charge in [0.2, 0.25) is 11.8 Å². The summed E-state index contributed by atoms with van der Waals surface area (Å²) in [7, 11) is 0. The van der Waals surface area contributed by atoms with Crippen molar-refractivity contribution in [1.82, 2.24) is 5.32 Å². The molecule has 0 aromatic heterocycles. The molecular formula is C25H28N2O4. The van der Waals surface area contributed by atoms with Gasteiger partial charge in [-0.15, -0.1) is 0 Å². The average molecular weight is 421 g/mol. The Morgan fingerprint density at radius 3 is 2.81 bits per heavy atom. The molecule has 31 heavy (non-hydrogen) atoms. The molecule has 1 fully saturated rings. The largest absolute Gasteiger partial charge is 0.493 e. The van der Waals surface area contributed by atoms with E-state index in [1.165, 1.54) is 6.08 Å². The number of carbonyl (C=O) groups excluding carboxylic acids is 2. The zero-order chi connectivity index (χ0) is 21.8. The van der Waals surface area contributed by atoms with Crippen LogP contribution >= 0.6 is 0 Å². The number of nitrogens with one attached hydrogen (secondary N) is 1. The van der Waals surface area contributed by atoms with Gasteiger partial charge in [-0.25, -0.2) is 0 Å². The molecule has 1 N–H and O–H groups in total. The van der Waals surface area contributed by atoms with Crippen molar-refractivity contribution in [3.05, 3.63) is 59.2 Å². The van der Waals surface area contributed by atoms with Gasteiger partial charge in [0.05, 0.1) is 6.61 Å². The molecule has 0 spiro atoms. The zero-order valence-corrected chi connectivity index (χ0v) is 18.0. The first-order valence-electron chi connectivity index (χ1n) is 10.8. The van der Waals surface area contributed by atoms with Crippen LogP contribution in [-0.2, 0) is 22.6 Å². The highest BCUT2D eigenvalue weighted by Gasteiger charge is 2.22. The summed E-state index contributed by atoms with van der Waals surface area (Å²) in [4.78, 5) is 26.0. The number of benzene rings is 2. The molecule has 162 valence electrons. The predicted octanol–water partition coefficient (Wildman–Crippen LogP) is 3.87. The van der Waals surface area contributed by atoms with Crippen LogP contribution in [0.15, 0.2) is 42.5 Å². The second-order valence-corrected chi connectivity index (χ2v) is 7.93. The predicted molar refractivity (Wildman–Crippen MR) is 120 cm³/mol. The van der Waals surface area contributed by atoms with Gasteiger partial charge >= 0.3 is 0 Å². The highest BCUT2D eigenvalue weighted by molar-refractivity contribution is 5.95. The molecule has 6 nitrogen and oxygen atoms in total. The first-order chi connectivity index (χ1) is 15.0. The molecule has 0 saturated carbocycles. The molecule has 2 amide bonds. The van der Waals surface area contributed by atoms with E-state index in [0.29, 0.717) is 19.6 Å².